The maximum atomic E-state index is 13.8. The third kappa shape index (κ3) is 2.67. The summed E-state index contributed by atoms with van der Waals surface area (Å²) >= 11 is 0. The molecule has 0 saturated carbocycles. The quantitative estimate of drug-likeness (QED) is 0.897. The lowest BCUT2D eigenvalue weighted by Crippen LogP contribution is -2.28. The fourth-order valence-electron chi connectivity index (χ4n) is 1.72. The van der Waals surface area contributed by atoms with Crippen molar-refractivity contribution >= 4 is 11.6 Å². The van der Waals surface area contributed by atoms with Crippen molar-refractivity contribution in [2.75, 3.05) is 5.32 Å². The minimum Gasteiger partial charge on any atom is -0.320 e. The zero-order valence-corrected chi connectivity index (χ0v) is 11.0. The standard InChI is InChI=1S/C13H14F2N4O/c1-7-3-4-9(14)12(10(7)15)18-13(20)11(16)8-5-17-19(2)6-8/h3-6,11H,16H2,1-2H3,(H,18,20). The summed E-state index contributed by atoms with van der Waals surface area (Å²) in [5.74, 6) is -2.36. The first-order valence-electron chi connectivity index (χ1n) is 5.89. The smallest absolute Gasteiger partial charge is 0.246 e. The second kappa shape index (κ2) is 5.38. The van der Waals surface area contributed by atoms with Crippen molar-refractivity contribution in [3.63, 3.8) is 0 Å². The van der Waals surface area contributed by atoms with Gasteiger partial charge < -0.3 is 11.1 Å². The van der Waals surface area contributed by atoms with Crippen LogP contribution in [0, 0.1) is 18.6 Å². The molecule has 106 valence electrons. The predicted octanol–water partition coefficient (Wildman–Crippen LogP) is 1.65. The Kier molecular flexibility index (Phi) is 3.80. The molecule has 1 amide bonds. The highest BCUT2D eigenvalue weighted by Gasteiger charge is 2.21. The van der Waals surface area contributed by atoms with Gasteiger partial charge in [-0.15, -0.1) is 0 Å². The van der Waals surface area contributed by atoms with Gasteiger partial charge >= 0.3 is 0 Å². The van der Waals surface area contributed by atoms with E-state index in [0.717, 1.165) is 6.07 Å². The first kappa shape index (κ1) is 14.1. The molecule has 0 bridgehead atoms. The van der Waals surface area contributed by atoms with Crippen LogP contribution in [-0.4, -0.2) is 15.7 Å². The van der Waals surface area contributed by atoms with Crippen molar-refractivity contribution in [1.82, 2.24) is 9.78 Å². The molecule has 2 rings (SSSR count). The van der Waals surface area contributed by atoms with Crippen molar-refractivity contribution in [2.24, 2.45) is 12.8 Å². The Hall–Kier alpha value is -2.28. The Labute approximate surface area is 114 Å². The average Bonchev–Trinajstić information content (AvgIpc) is 2.84. The van der Waals surface area contributed by atoms with Crippen LogP contribution in [0.15, 0.2) is 24.5 Å². The fraction of sp³-hybridized carbons (Fsp3) is 0.231. The topological polar surface area (TPSA) is 72.9 Å². The third-order valence-electron chi connectivity index (χ3n) is 2.90. The lowest BCUT2D eigenvalue weighted by Gasteiger charge is -2.12. The first-order valence-corrected chi connectivity index (χ1v) is 5.89. The van der Waals surface area contributed by atoms with Gasteiger partial charge in [0, 0.05) is 18.8 Å². The summed E-state index contributed by atoms with van der Waals surface area (Å²) in [5, 5.41) is 6.06. The largest absolute Gasteiger partial charge is 0.320 e. The number of rotatable bonds is 3. The first-order chi connectivity index (χ1) is 9.40. The summed E-state index contributed by atoms with van der Waals surface area (Å²) in [6.45, 7) is 1.48. The van der Waals surface area contributed by atoms with E-state index >= 15 is 0 Å². The Morgan fingerprint density at radius 3 is 2.75 bits per heavy atom. The maximum Gasteiger partial charge on any atom is 0.246 e. The number of aryl methyl sites for hydroxylation is 2. The van der Waals surface area contributed by atoms with E-state index in [9.17, 15) is 13.6 Å². The Morgan fingerprint density at radius 2 is 2.15 bits per heavy atom. The predicted molar refractivity (Wildman–Crippen MR) is 69.9 cm³/mol. The van der Waals surface area contributed by atoms with Crippen molar-refractivity contribution in [1.29, 1.82) is 0 Å². The maximum absolute atomic E-state index is 13.8. The van der Waals surface area contributed by atoms with Crippen LogP contribution >= 0.6 is 0 Å². The summed E-state index contributed by atoms with van der Waals surface area (Å²) in [7, 11) is 1.67. The van der Waals surface area contributed by atoms with Crippen molar-refractivity contribution < 1.29 is 13.6 Å². The molecule has 1 heterocycles. The second-order valence-corrected chi connectivity index (χ2v) is 4.47. The molecule has 7 heteroatoms. The van der Waals surface area contributed by atoms with Crippen LogP contribution in [0.2, 0.25) is 0 Å². The third-order valence-corrected chi connectivity index (χ3v) is 2.90. The van der Waals surface area contributed by atoms with Crippen molar-refractivity contribution in [3.05, 3.63) is 47.3 Å². The van der Waals surface area contributed by atoms with Gasteiger partial charge in [0.1, 0.15) is 17.5 Å². The lowest BCUT2D eigenvalue weighted by atomic mass is 10.1. The normalized spacial score (nSPS) is 12.2. The minimum atomic E-state index is -1.05. The van der Waals surface area contributed by atoms with Crippen LogP contribution in [0.25, 0.3) is 0 Å². The van der Waals surface area contributed by atoms with Gasteiger partial charge in [-0.25, -0.2) is 8.78 Å². The van der Waals surface area contributed by atoms with Crippen LogP contribution in [-0.2, 0) is 11.8 Å². The van der Waals surface area contributed by atoms with E-state index in [1.54, 1.807) is 13.2 Å². The monoisotopic (exact) mass is 280 g/mol. The van der Waals surface area contributed by atoms with Crippen LogP contribution in [0.4, 0.5) is 14.5 Å². The van der Waals surface area contributed by atoms with Gasteiger partial charge in [0.15, 0.2) is 5.82 Å². The summed E-state index contributed by atoms with van der Waals surface area (Å²) in [4.78, 5) is 11.9. The highest BCUT2D eigenvalue weighted by Crippen LogP contribution is 2.23. The van der Waals surface area contributed by atoms with Gasteiger partial charge in [0.25, 0.3) is 0 Å². The van der Waals surface area contributed by atoms with E-state index in [1.807, 2.05) is 0 Å². The highest BCUT2D eigenvalue weighted by molar-refractivity contribution is 5.95. The molecule has 0 radical (unpaired) electrons. The van der Waals surface area contributed by atoms with Crippen LogP contribution in [0.3, 0.4) is 0 Å². The molecule has 3 N–H and O–H groups in total. The molecule has 0 saturated heterocycles. The molecule has 0 aliphatic carbocycles. The van der Waals surface area contributed by atoms with Gasteiger partial charge in [0.05, 0.1) is 6.20 Å². The number of nitrogens with two attached hydrogens (primary N) is 1. The number of nitrogens with one attached hydrogen (secondary N) is 1. The van der Waals surface area contributed by atoms with E-state index in [0.29, 0.717) is 5.56 Å². The van der Waals surface area contributed by atoms with Gasteiger partial charge in [-0.2, -0.15) is 5.10 Å². The molecule has 1 aromatic carbocycles. The SMILES string of the molecule is Cc1ccc(F)c(NC(=O)C(N)c2cnn(C)c2)c1F. The number of amides is 1. The van der Waals surface area contributed by atoms with Gasteiger partial charge in [-0.1, -0.05) is 6.07 Å². The molecular formula is C13H14F2N4O. The zero-order chi connectivity index (χ0) is 14.9. The van der Waals surface area contributed by atoms with E-state index < -0.39 is 29.3 Å². The van der Waals surface area contributed by atoms with E-state index in [1.165, 1.54) is 23.9 Å². The van der Waals surface area contributed by atoms with E-state index in [4.69, 9.17) is 5.73 Å². The molecule has 5 nitrogen and oxygen atoms in total. The number of carbonyl (C=O) groups excluding carboxylic acids is 1. The summed E-state index contributed by atoms with van der Waals surface area (Å²) in [6.07, 6.45) is 2.99. The number of halogens is 2. The summed E-state index contributed by atoms with van der Waals surface area (Å²) in [6, 6.07) is 1.33. The van der Waals surface area contributed by atoms with E-state index in [-0.39, 0.29) is 5.56 Å². The molecule has 1 unspecified atom stereocenters. The molecule has 1 aromatic heterocycles. The van der Waals surface area contributed by atoms with Crippen LogP contribution < -0.4 is 11.1 Å². The fourth-order valence-corrected chi connectivity index (χ4v) is 1.72. The van der Waals surface area contributed by atoms with Gasteiger partial charge in [0.2, 0.25) is 5.91 Å². The Balaban J connectivity index is 2.22. The number of hydrogen-bond acceptors (Lipinski definition) is 3. The molecular weight excluding hydrogens is 266 g/mol. The van der Waals surface area contributed by atoms with Gasteiger partial charge in [-0.05, 0) is 18.6 Å². The average molecular weight is 280 g/mol. The second-order valence-electron chi connectivity index (χ2n) is 4.47. The molecule has 0 spiro atoms. The molecule has 0 aliphatic rings. The van der Waals surface area contributed by atoms with Crippen LogP contribution in [0.5, 0.6) is 0 Å². The molecule has 0 fully saturated rings. The molecule has 0 aliphatic heterocycles. The number of nitrogens with zero attached hydrogens (tertiary/aromatic N) is 2. The number of aromatic nitrogens is 2. The van der Waals surface area contributed by atoms with Gasteiger partial charge in [-0.3, -0.25) is 9.48 Å². The number of hydrogen-bond donors (Lipinski definition) is 2. The van der Waals surface area contributed by atoms with Crippen molar-refractivity contribution in [2.45, 2.75) is 13.0 Å². The lowest BCUT2D eigenvalue weighted by molar-refractivity contribution is -0.117. The Morgan fingerprint density at radius 1 is 1.45 bits per heavy atom. The molecule has 1 atom stereocenters. The molecule has 2 aromatic rings. The zero-order valence-electron chi connectivity index (χ0n) is 11.0. The Bertz CT molecular complexity index is 654. The van der Waals surface area contributed by atoms with Crippen LogP contribution in [0.1, 0.15) is 17.2 Å². The summed E-state index contributed by atoms with van der Waals surface area (Å²) in [5.41, 5.74) is 5.93. The summed E-state index contributed by atoms with van der Waals surface area (Å²) < 4.78 is 28.8. The minimum absolute atomic E-state index is 0.233. The van der Waals surface area contributed by atoms with Crippen molar-refractivity contribution in [3.8, 4) is 0 Å². The van der Waals surface area contributed by atoms with E-state index in [2.05, 4.69) is 10.4 Å². The number of anilines is 1. The number of benzene rings is 1. The number of carbonyl (C=O) groups is 1. The molecule has 20 heavy (non-hydrogen) atoms. The highest BCUT2D eigenvalue weighted by atomic mass is 19.1.